The Kier molecular flexibility index (Phi) is 4.11. The number of carboxylic acid groups (broad SMARTS) is 1. The fraction of sp³-hybridized carbons (Fsp3) is 0.143. The van der Waals surface area contributed by atoms with Gasteiger partial charge in [-0.25, -0.2) is 4.79 Å². The number of halogens is 1. The fourth-order valence-corrected chi connectivity index (χ4v) is 2.85. The van der Waals surface area contributed by atoms with Crippen molar-refractivity contribution in [3.05, 3.63) is 50.9 Å². The molecule has 104 valence electrons. The molecule has 4 nitrogen and oxygen atoms in total. The second-order valence-corrected chi connectivity index (χ2v) is 5.83. The van der Waals surface area contributed by atoms with E-state index >= 15 is 0 Å². The molecular formula is C14H12ClNO3S. The minimum Gasteiger partial charge on any atom is -0.477 e. The van der Waals surface area contributed by atoms with Crippen LogP contribution in [0.25, 0.3) is 0 Å². The van der Waals surface area contributed by atoms with Crippen LogP contribution >= 0.6 is 22.9 Å². The molecule has 0 radical (unpaired) electrons. The van der Waals surface area contributed by atoms with Crippen molar-refractivity contribution in [2.75, 3.05) is 5.32 Å². The molecule has 2 rings (SSSR count). The molecule has 1 heterocycles. The van der Waals surface area contributed by atoms with Gasteiger partial charge >= 0.3 is 5.97 Å². The molecular weight excluding hydrogens is 298 g/mol. The topological polar surface area (TPSA) is 66.4 Å². The van der Waals surface area contributed by atoms with Crippen molar-refractivity contribution >= 4 is 39.8 Å². The highest BCUT2D eigenvalue weighted by molar-refractivity contribution is 7.18. The Morgan fingerprint density at radius 1 is 1.20 bits per heavy atom. The summed E-state index contributed by atoms with van der Waals surface area (Å²) >= 11 is 6.92. The summed E-state index contributed by atoms with van der Waals surface area (Å²) in [5.74, 6) is -1.30. The summed E-state index contributed by atoms with van der Waals surface area (Å²) in [6.45, 7) is 3.51. The number of anilines is 1. The molecule has 6 heteroatoms. The largest absolute Gasteiger partial charge is 0.477 e. The predicted molar refractivity (Wildman–Crippen MR) is 80.2 cm³/mol. The van der Waals surface area contributed by atoms with Crippen molar-refractivity contribution in [1.29, 1.82) is 0 Å². The molecule has 1 aromatic heterocycles. The van der Waals surface area contributed by atoms with E-state index < -0.39 is 5.97 Å². The number of amides is 1. The minimum absolute atomic E-state index is 0.225. The number of carbonyl (C=O) groups excluding carboxylic acids is 1. The SMILES string of the molecule is Cc1ccc(Cl)cc1C(=O)Nc1cc(C)c(C(=O)O)s1. The van der Waals surface area contributed by atoms with Gasteiger partial charge in [0.2, 0.25) is 0 Å². The minimum atomic E-state index is -0.994. The van der Waals surface area contributed by atoms with Gasteiger partial charge in [0.15, 0.2) is 0 Å². The van der Waals surface area contributed by atoms with E-state index in [1.165, 1.54) is 0 Å². The number of hydrogen-bond donors (Lipinski definition) is 2. The van der Waals surface area contributed by atoms with Gasteiger partial charge in [0.25, 0.3) is 5.91 Å². The summed E-state index contributed by atoms with van der Waals surface area (Å²) in [5, 5.41) is 12.7. The first-order chi connectivity index (χ1) is 9.38. The summed E-state index contributed by atoms with van der Waals surface area (Å²) in [7, 11) is 0. The Labute approximate surface area is 125 Å². The van der Waals surface area contributed by atoms with Crippen molar-refractivity contribution < 1.29 is 14.7 Å². The lowest BCUT2D eigenvalue weighted by Gasteiger charge is -2.06. The van der Waals surface area contributed by atoms with Gasteiger partial charge in [0, 0.05) is 10.6 Å². The van der Waals surface area contributed by atoms with Gasteiger partial charge in [-0.3, -0.25) is 4.79 Å². The van der Waals surface area contributed by atoms with Crippen molar-refractivity contribution in [2.24, 2.45) is 0 Å². The van der Waals surface area contributed by atoms with Gasteiger partial charge in [-0.1, -0.05) is 17.7 Å². The number of thiophene rings is 1. The first-order valence-electron chi connectivity index (χ1n) is 5.79. The zero-order valence-electron chi connectivity index (χ0n) is 10.9. The molecule has 0 fully saturated rings. The third-order valence-electron chi connectivity index (χ3n) is 2.79. The van der Waals surface area contributed by atoms with Gasteiger partial charge < -0.3 is 10.4 Å². The molecule has 0 saturated heterocycles. The molecule has 0 bridgehead atoms. The van der Waals surface area contributed by atoms with E-state index in [1.54, 1.807) is 31.2 Å². The highest BCUT2D eigenvalue weighted by Gasteiger charge is 2.15. The molecule has 0 atom stereocenters. The molecule has 0 aliphatic carbocycles. The third-order valence-corrected chi connectivity index (χ3v) is 4.17. The predicted octanol–water partition coefficient (Wildman–Crippen LogP) is 3.97. The van der Waals surface area contributed by atoms with E-state index in [2.05, 4.69) is 5.32 Å². The number of rotatable bonds is 3. The van der Waals surface area contributed by atoms with Crippen LogP contribution in [0.2, 0.25) is 5.02 Å². The molecule has 20 heavy (non-hydrogen) atoms. The molecule has 2 aromatic rings. The van der Waals surface area contributed by atoms with Crippen LogP contribution in [0.4, 0.5) is 5.00 Å². The van der Waals surface area contributed by atoms with Crippen molar-refractivity contribution in [3.8, 4) is 0 Å². The first-order valence-corrected chi connectivity index (χ1v) is 6.99. The number of aromatic carboxylic acids is 1. The highest BCUT2D eigenvalue weighted by Crippen LogP contribution is 2.27. The summed E-state index contributed by atoms with van der Waals surface area (Å²) in [4.78, 5) is 23.4. The third kappa shape index (κ3) is 3.00. The van der Waals surface area contributed by atoms with Crippen LogP contribution in [0.15, 0.2) is 24.3 Å². The van der Waals surface area contributed by atoms with E-state index in [0.717, 1.165) is 16.9 Å². The normalized spacial score (nSPS) is 10.3. The molecule has 2 N–H and O–H groups in total. The summed E-state index contributed by atoms with van der Waals surface area (Å²) in [6.07, 6.45) is 0. The molecule has 1 amide bonds. The number of nitrogens with one attached hydrogen (secondary N) is 1. The van der Waals surface area contributed by atoms with Crippen molar-refractivity contribution in [2.45, 2.75) is 13.8 Å². The van der Waals surface area contributed by atoms with Gasteiger partial charge in [0.1, 0.15) is 4.88 Å². The van der Waals surface area contributed by atoms with Crippen LogP contribution in [0.1, 0.15) is 31.2 Å². The molecule has 0 saturated carbocycles. The smallest absolute Gasteiger partial charge is 0.346 e. The molecule has 0 aliphatic heterocycles. The number of carboxylic acids is 1. The molecule has 0 unspecified atom stereocenters. The van der Waals surface area contributed by atoms with Crippen LogP contribution in [-0.2, 0) is 0 Å². The van der Waals surface area contributed by atoms with Gasteiger partial charge in [-0.05, 0) is 43.2 Å². The maximum absolute atomic E-state index is 12.2. The number of hydrogen-bond acceptors (Lipinski definition) is 3. The first kappa shape index (κ1) is 14.6. The lowest BCUT2D eigenvalue weighted by Crippen LogP contribution is -2.12. The monoisotopic (exact) mass is 309 g/mol. The van der Waals surface area contributed by atoms with Gasteiger partial charge in [-0.2, -0.15) is 0 Å². The average molecular weight is 310 g/mol. The van der Waals surface area contributed by atoms with Crippen molar-refractivity contribution in [1.82, 2.24) is 0 Å². The van der Waals surface area contributed by atoms with E-state index in [9.17, 15) is 9.59 Å². The lowest BCUT2D eigenvalue weighted by atomic mass is 10.1. The van der Waals surface area contributed by atoms with E-state index in [-0.39, 0.29) is 10.8 Å². The number of aryl methyl sites for hydroxylation is 2. The van der Waals surface area contributed by atoms with Gasteiger partial charge in [-0.15, -0.1) is 11.3 Å². The maximum atomic E-state index is 12.2. The zero-order valence-corrected chi connectivity index (χ0v) is 12.4. The van der Waals surface area contributed by atoms with Crippen LogP contribution in [0.3, 0.4) is 0 Å². The number of benzene rings is 1. The standard InChI is InChI=1S/C14H12ClNO3S/c1-7-3-4-9(15)6-10(7)13(17)16-11-5-8(2)12(20-11)14(18)19/h3-6H,1-2H3,(H,16,17)(H,18,19). The maximum Gasteiger partial charge on any atom is 0.346 e. The Hall–Kier alpha value is -1.85. The molecule has 0 aliphatic rings. The van der Waals surface area contributed by atoms with E-state index in [4.69, 9.17) is 16.7 Å². The highest BCUT2D eigenvalue weighted by atomic mass is 35.5. The van der Waals surface area contributed by atoms with Gasteiger partial charge in [0.05, 0.1) is 5.00 Å². The molecule has 1 aromatic carbocycles. The van der Waals surface area contributed by atoms with E-state index in [1.807, 2.05) is 6.92 Å². The molecule has 0 spiro atoms. The van der Waals surface area contributed by atoms with Crippen molar-refractivity contribution in [3.63, 3.8) is 0 Å². The van der Waals surface area contributed by atoms with Crippen LogP contribution in [0.5, 0.6) is 0 Å². The van der Waals surface area contributed by atoms with Crippen LogP contribution < -0.4 is 5.32 Å². The Morgan fingerprint density at radius 3 is 2.50 bits per heavy atom. The summed E-state index contributed by atoms with van der Waals surface area (Å²) < 4.78 is 0. The van der Waals surface area contributed by atoms with Crippen LogP contribution in [0, 0.1) is 13.8 Å². The average Bonchev–Trinajstić information content (AvgIpc) is 2.73. The quantitative estimate of drug-likeness (QED) is 0.901. The second-order valence-electron chi connectivity index (χ2n) is 4.34. The second kappa shape index (κ2) is 5.64. The lowest BCUT2D eigenvalue weighted by molar-refractivity contribution is 0.0701. The Morgan fingerprint density at radius 2 is 1.90 bits per heavy atom. The van der Waals surface area contributed by atoms with Crippen LogP contribution in [-0.4, -0.2) is 17.0 Å². The fourth-order valence-electron chi connectivity index (χ4n) is 1.77. The Balaban J connectivity index is 2.26. The zero-order chi connectivity index (χ0) is 14.9. The Bertz CT molecular complexity index is 694. The summed E-state index contributed by atoms with van der Waals surface area (Å²) in [5.41, 5.74) is 1.90. The summed E-state index contributed by atoms with van der Waals surface area (Å²) in [6, 6.07) is 6.71. The van der Waals surface area contributed by atoms with E-state index in [0.29, 0.717) is 21.2 Å². The number of carbonyl (C=O) groups is 2.